The van der Waals surface area contributed by atoms with Gasteiger partial charge >= 0.3 is 0 Å². The highest BCUT2D eigenvalue weighted by Gasteiger charge is 2.06. The second-order valence-corrected chi connectivity index (χ2v) is 6.71. The Hall–Kier alpha value is -3.10. The zero-order chi connectivity index (χ0) is 18.4. The van der Waals surface area contributed by atoms with Crippen molar-refractivity contribution in [1.82, 2.24) is 0 Å². The molecule has 26 heavy (non-hydrogen) atoms. The number of thiophene rings is 1. The lowest BCUT2D eigenvalue weighted by Gasteiger charge is -2.03. The molecule has 0 aliphatic rings. The van der Waals surface area contributed by atoms with Gasteiger partial charge in [0.2, 0.25) is 0 Å². The van der Waals surface area contributed by atoms with Gasteiger partial charge < -0.3 is 9.15 Å². The van der Waals surface area contributed by atoms with Gasteiger partial charge in [0, 0.05) is 4.88 Å². The van der Waals surface area contributed by atoms with Crippen LogP contribution >= 0.6 is 11.3 Å². The van der Waals surface area contributed by atoms with Crippen LogP contribution in [0.2, 0.25) is 0 Å². The zero-order valence-corrected chi connectivity index (χ0v) is 15.1. The van der Waals surface area contributed by atoms with E-state index in [4.69, 9.17) is 14.4 Å². The highest BCUT2D eigenvalue weighted by atomic mass is 32.1. The molecule has 2 heterocycles. The topological polar surface area (TPSA) is 63.2 Å². The molecule has 0 amide bonds. The van der Waals surface area contributed by atoms with Gasteiger partial charge in [-0.3, -0.25) is 4.79 Å². The summed E-state index contributed by atoms with van der Waals surface area (Å²) < 4.78 is 11.3. The van der Waals surface area contributed by atoms with Crippen molar-refractivity contribution in [1.29, 1.82) is 5.26 Å². The summed E-state index contributed by atoms with van der Waals surface area (Å²) in [6.45, 7) is 2.35. The number of carbonyl (C=O) groups is 1. The summed E-state index contributed by atoms with van der Waals surface area (Å²) in [5, 5.41) is 8.78. The van der Waals surface area contributed by atoms with Gasteiger partial charge in [-0.05, 0) is 67.1 Å². The lowest BCUT2D eigenvalue weighted by Crippen LogP contribution is -1.93. The predicted octanol–water partition coefficient (Wildman–Crippen LogP) is 5.25. The minimum Gasteiger partial charge on any atom is -0.486 e. The number of carbonyl (C=O) groups excluding carboxylic acids is 1. The number of benzene rings is 1. The molecule has 0 aliphatic carbocycles. The number of hydrogen-bond acceptors (Lipinski definition) is 5. The van der Waals surface area contributed by atoms with Crippen molar-refractivity contribution in [2.24, 2.45) is 0 Å². The maximum absolute atomic E-state index is 12.2. The van der Waals surface area contributed by atoms with Crippen molar-refractivity contribution < 1.29 is 13.9 Å². The van der Waals surface area contributed by atoms with Crippen LogP contribution in [0.5, 0.6) is 5.75 Å². The van der Waals surface area contributed by atoms with Gasteiger partial charge in [0.05, 0.1) is 16.5 Å². The minimum atomic E-state index is -0.0264. The first kappa shape index (κ1) is 17.7. The highest BCUT2D eigenvalue weighted by molar-refractivity contribution is 7.14. The summed E-state index contributed by atoms with van der Waals surface area (Å²) in [4.78, 5) is 14.1. The van der Waals surface area contributed by atoms with E-state index in [1.165, 1.54) is 22.3 Å². The SMILES string of the molecule is CCc1ccc(C(=O)/C=C/c2ccc(COc3ccc(C#N)cc3)o2)s1. The third-order valence-corrected chi connectivity index (χ3v) is 4.94. The molecule has 130 valence electrons. The first-order chi connectivity index (χ1) is 12.7. The standard InChI is InChI=1S/C21H17NO3S/c1-2-19-10-12-21(26-19)20(23)11-9-17-7-8-18(25-17)14-24-16-5-3-15(13-22)4-6-16/h3-12H,2,14H2,1H3/b11-9+. The molecule has 0 aliphatic heterocycles. The molecule has 0 spiro atoms. The molecule has 0 N–H and O–H groups in total. The van der Waals surface area contributed by atoms with Crippen LogP contribution in [0, 0.1) is 11.3 Å². The molecule has 0 saturated heterocycles. The normalized spacial score (nSPS) is 10.8. The Kier molecular flexibility index (Phi) is 5.67. The molecule has 0 bridgehead atoms. The number of nitriles is 1. The van der Waals surface area contributed by atoms with Crippen molar-refractivity contribution in [3.63, 3.8) is 0 Å². The average Bonchev–Trinajstić information content (AvgIpc) is 3.34. The average molecular weight is 363 g/mol. The summed E-state index contributed by atoms with van der Waals surface area (Å²) in [6, 6.07) is 16.4. The third-order valence-electron chi connectivity index (χ3n) is 3.70. The quantitative estimate of drug-likeness (QED) is 0.425. The Morgan fingerprint density at radius 1 is 1.19 bits per heavy atom. The maximum Gasteiger partial charge on any atom is 0.195 e. The summed E-state index contributed by atoms with van der Waals surface area (Å²) >= 11 is 1.52. The molecular weight excluding hydrogens is 346 g/mol. The second kappa shape index (κ2) is 8.32. The zero-order valence-electron chi connectivity index (χ0n) is 14.3. The van der Waals surface area contributed by atoms with Gasteiger partial charge in [-0.25, -0.2) is 0 Å². The Bertz CT molecular complexity index is 958. The van der Waals surface area contributed by atoms with E-state index in [0.29, 0.717) is 22.8 Å². The summed E-state index contributed by atoms with van der Waals surface area (Å²) in [6.07, 6.45) is 4.12. The van der Waals surface area contributed by atoms with Crippen molar-refractivity contribution >= 4 is 23.2 Å². The number of ketones is 1. The van der Waals surface area contributed by atoms with Crippen molar-refractivity contribution in [3.05, 3.63) is 81.4 Å². The fourth-order valence-electron chi connectivity index (χ4n) is 2.28. The monoisotopic (exact) mass is 363 g/mol. The maximum atomic E-state index is 12.2. The summed E-state index contributed by atoms with van der Waals surface area (Å²) in [7, 11) is 0. The number of rotatable bonds is 7. The van der Waals surface area contributed by atoms with Crippen molar-refractivity contribution in [2.75, 3.05) is 0 Å². The Balaban J connectivity index is 1.56. The number of hydrogen-bond donors (Lipinski definition) is 0. The van der Waals surface area contributed by atoms with Crippen LogP contribution in [0.3, 0.4) is 0 Å². The molecule has 3 aromatic rings. The number of furan rings is 1. The first-order valence-corrected chi connectivity index (χ1v) is 9.02. The van der Waals surface area contributed by atoms with Crippen LogP contribution < -0.4 is 4.74 Å². The fraction of sp³-hybridized carbons (Fsp3) is 0.143. The Morgan fingerprint density at radius 3 is 2.69 bits per heavy atom. The number of nitrogens with zero attached hydrogens (tertiary/aromatic N) is 1. The number of allylic oxidation sites excluding steroid dienone is 1. The van der Waals surface area contributed by atoms with Crippen LogP contribution in [0.15, 0.2) is 59.0 Å². The molecule has 0 unspecified atom stereocenters. The smallest absolute Gasteiger partial charge is 0.195 e. The van der Waals surface area contributed by atoms with Gasteiger partial charge in [-0.15, -0.1) is 11.3 Å². The molecule has 0 radical (unpaired) electrons. The molecule has 5 heteroatoms. The number of aryl methyl sites for hydroxylation is 1. The lowest BCUT2D eigenvalue weighted by atomic mass is 10.2. The van der Waals surface area contributed by atoms with Gasteiger partial charge in [-0.1, -0.05) is 6.92 Å². The number of ether oxygens (including phenoxy) is 1. The first-order valence-electron chi connectivity index (χ1n) is 8.20. The van der Waals surface area contributed by atoms with Crippen LogP contribution in [-0.2, 0) is 13.0 Å². The van der Waals surface area contributed by atoms with Gasteiger partial charge in [-0.2, -0.15) is 5.26 Å². The fourth-order valence-corrected chi connectivity index (χ4v) is 3.15. The van der Waals surface area contributed by atoms with Crippen molar-refractivity contribution in [3.8, 4) is 11.8 Å². The van der Waals surface area contributed by atoms with Gasteiger partial charge in [0.1, 0.15) is 23.9 Å². The van der Waals surface area contributed by atoms with Crippen LogP contribution in [0.4, 0.5) is 0 Å². The Labute approximate surface area is 156 Å². The van der Waals surface area contributed by atoms with Crippen LogP contribution in [-0.4, -0.2) is 5.78 Å². The molecule has 0 atom stereocenters. The molecule has 0 saturated carbocycles. The summed E-state index contributed by atoms with van der Waals surface area (Å²) in [5.41, 5.74) is 0.587. The molecule has 2 aromatic heterocycles. The molecule has 1 aromatic carbocycles. The van der Waals surface area contributed by atoms with E-state index < -0.39 is 0 Å². The minimum absolute atomic E-state index is 0.0264. The molecular formula is C21H17NO3S. The lowest BCUT2D eigenvalue weighted by molar-refractivity contribution is 0.105. The molecule has 4 nitrogen and oxygen atoms in total. The van der Waals surface area contributed by atoms with E-state index in [1.54, 1.807) is 36.4 Å². The van der Waals surface area contributed by atoms with E-state index in [1.807, 2.05) is 18.2 Å². The Morgan fingerprint density at radius 2 is 2.00 bits per heavy atom. The van der Waals surface area contributed by atoms with Crippen molar-refractivity contribution in [2.45, 2.75) is 20.0 Å². The van der Waals surface area contributed by atoms with E-state index in [0.717, 1.165) is 11.3 Å². The summed E-state index contributed by atoms with van der Waals surface area (Å²) in [5.74, 6) is 1.90. The molecule has 3 rings (SSSR count). The van der Waals surface area contributed by atoms with Crippen LogP contribution in [0.25, 0.3) is 6.08 Å². The van der Waals surface area contributed by atoms with Gasteiger partial charge in [0.15, 0.2) is 5.78 Å². The van der Waals surface area contributed by atoms with E-state index in [2.05, 4.69) is 13.0 Å². The molecule has 0 fully saturated rings. The second-order valence-electron chi connectivity index (χ2n) is 5.55. The van der Waals surface area contributed by atoms with Gasteiger partial charge in [0.25, 0.3) is 0 Å². The van der Waals surface area contributed by atoms with E-state index >= 15 is 0 Å². The largest absolute Gasteiger partial charge is 0.486 e. The van der Waals surface area contributed by atoms with E-state index in [9.17, 15) is 4.79 Å². The van der Waals surface area contributed by atoms with Crippen LogP contribution in [0.1, 0.15) is 38.6 Å². The van der Waals surface area contributed by atoms with E-state index in [-0.39, 0.29) is 12.4 Å². The predicted molar refractivity (Wildman–Crippen MR) is 101 cm³/mol. The highest BCUT2D eigenvalue weighted by Crippen LogP contribution is 2.19. The third kappa shape index (κ3) is 4.50.